The van der Waals surface area contributed by atoms with Gasteiger partial charge in [0.15, 0.2) is 0 Å². The molecule has 0 heterocycles. The first-order valence-electron chi connectivity index (χ1n) is 12.1. The Kier molecular flexibility index (Phi) is 12.5. The Morgan fingerprint density at radius 1 is 0.676 bits per heavy atom. The summed E-state index contributed by atoms with van der Waals surface area (Å²) in [5.74, 6) is 0.685. The van der Waals surface area contributed by atoms with Crippen molar-refractivity contribution in [3.05, 3.63) is 165 Å². The van der Waals surface area contributed by atoms with Crippen molar-refractivity contribution in [3.63, 3.8) is 0 Å². The van der Waals surface area contributed by atoms with Gasteiger partial charge in [0.2, 0.25) is 0 Å². The van der Waals surface area contributed by atoms with Crippen molar-refractivity contribution in [1.29, 1.82) is 0 Å². The van der Waals surface area contributed by atoms with Crippen molar-refractivity contribution in [3.8, 4) is 0 Å². The van der Waals surface area contributed by atoms with Gasteiger partial charge in [-0.3, -0.25) is 6.08 Å². The molecule has 0 amide bonds. The zero-order valence-electron chi connectivity index (χ0n) is 22.4. The molecule has 6 rings (SSSR count). The summed E-state index contributed by atoms with van der Waals surface area (Å²) >= 11 is 1.46. The molecular weight excluding hydrogens is 524 g/mol. The molecule has 0 aromatic heterocycles. The van der Waals surface area contributed by atoms with Crippen LogP contribution in [0.25, 0.3) is 21.5 Å². The minimum Gasteiger partial charge on any atom is -0.126 e. The molecule has 0 atom stereocenters. The quantitative estimate of drug-likeness (QED) is 0.193. The van der Waals surface area contributed by atoms with Crippen molar-refractivity contribution in [1.82, 2.24) is 0 Å². The molecule has 0 N–H and O–H groups in total. The van der Waals surface area contributed by atoms with Gasteiger partial charge in [-0.05, 0) is 0 Å². The number of hydrogen-bond donors (Lipinski definition) is 0. The van der Waals surface area contributed by atoms with Gasteiger partial charge in [-0.15, -0.1) is 46.2 Å². The van der Waals surface area contributed by atoms with Gasteiger partial charge in [-0.25, -0.2) is 6.08 Å². The molecule has 0 spiro atoms. The Morgan fingerprint density at radius 3 is 1.49 bits per heavy atom. The molecule has 0 radical (unpaired) electrons. The van der Waals surface area contributed by atoms with E-state index >= 15 is 0 Å². The predicted molar refractivity (Wildman–Crippen MR) is 161 cm³/mol. The molecule has 37 heavy (non-hydrogen) atoms. The van der Waals surface area contributed by atoms with Gasteiger partial charge in [-0.2, -0.15) is 11.6 Å². The Bertz CT molecular complexity index is 1340. The summed E-state index contributed by atoms with van der Waals surface area (Å²) in [6.45, 7) is 4.41. The van der Waals surface area contributed by atoms with Gasteiger partial charge < -0.3 is 14.9 Å². The van der Waals surface area contributed by atoms with Gasteiger partial charge >= 0.3 is 99.2 Å². The topological polar surface area (TPSA) is 0 Å². The monoisotopic (exact) mass is 558 g/mol. The maximum absolute atomic E-state index is 3.14. The molecule has 0 unspecified atom stereocenters. The second kappa shape index (κ2) is 15.3. The van der Waals surface area contributed by atoms with Crippen molar-refractivity contribution in [2.75, 3.05) is 0 Å². The smallest absolute Gasteiger partial charge is 0.0771 e. The molecule has 1 aliphatic rings. The molecule has 1 aliphatic carbocycles. The fourth-order valence-electron chi connectivity index (χ4n) is 4.09. The van der Waals surface area contributed by atoms with E-state index in [1.165, 1.54) is 65.7 Å². The summed E-state index contributed by atoms with van der Waals surface area (Å²) in [5.41, 5.74) is 4.10. The molecule has 0 fully saturated rings. The van der Waals surface area contributed by atoms with Crippen LogP contribution in [-0.4, -0.2) is 3.21 Å². The van der Waals surface area contributed by atoms with Crippen LogP contribution < -0.4 is 0 Å². The summed E-state index contributed by atoms with van der Waals surface area (Å²) < 4.78 is 1.42. The van der Waals surface area contributed by atoms with Crippen LogP contribution in [0.1, 0.15) is 31.4 Å². The molecule has 0 nitrogen and oxygen atoms in total. The molecule has 1 heteroatoms. The van der Waals surface area contributed by atoms with E-state index in [4.69, 9.17) is 0 Å². The molecule has 5 aromatic rings. The van der Waals surface area contributed by atoms with E-state index in [-0.39, 0.29) is 14.9 Å². The summed E-state index contributed by atoms with van der Waals surface area (Å²) in [7, 11) is 0. The van der Waals surface area contributed by atoms with Crippen LogP contribution in [0.4, 0.5) is 0 Å². The molecule has 0 aliphatic heterocycles. The maximum Gasteiger partial charge on any atom is -0.0771 e. The maximum atomic E-state index is 3.14. The van der Waals surface area contributed by atoms with Gasteiger partial charge in [-0.1, -0.05) is 56.2 Å². The van der Waals surface area contributed by atoms with E-state index in [0.717, 1.165) is 6.42 Å². The third kappa shape index (κ3) is 8.24. The normalized spacial score (nSPS) is 11.4. The Balaban J connectivity index is 0.000000197. The minimum atomic E-state index is 0. The average Bonchev–Trinajstić information content (AvgIpc) is 3.59. The third-order valence-electron chi connectivity index (χ3n) is 6.04. The van der Waals surface area contributed by atoms with E-state index in [1.807, 2.05) is 0 Å². The van der Waals surface area contributed by atoms with Crippen LogP contribution in [0, 0.1) is 26.8 Å². The van der Waals surface area contributed by atoms with Crippen molar-refractivity contribution in [2.24, 2.45) is 5.92 Å². The van der Waals surface area contributed by atoms with Crippen LogP contribution in [-0.2, 0) is 24.2 Å². The van der Waals surface area contributed by atoms with Crippen LogP contribution in [0.3, 0.4) is 0 Å². The van der Waals surface area contributed by atoms with Crippen LogP contribution >= 0.6 is 0 Å². The largest absolute Gasteiger partial charge is 0.126 e. The third-order valence-corrected chi connectivity index (χ3v) is 7.46. The molecule has 0 saturated heterocycles. The first-order valence-corrected chi connectivity index (χ1v) is 13.4. The summed E-state index contributed by atoms with van der Waals surface area (Å²) in [5, 5.41) is 5.39. The second-order valence-corrected chi connectivity index (χ2v) is 10.1. The van der Waals surface area contributed by atoms with E-state index in [0.29, 0.717) is 5.92 Å². The van der Waals surface area contributed by atoms with Gasteiger partial charge in [0, 0.05) is 0 Å². The van der Waals surface area contributed by atoms with Crippen LogP contribution in [0.5, 0.6) is 0 Å². The predicted octanol–water partition coefficient (Wildman–Crippen LogP) is 9.75. The van der Waals surface area contributed by atoms with Crippen molar-refractivity contribution < 1.29 is 24.2 Å². The SMILES string of the molecule is CC(C)C1=CC[C-]=C1.[CH3-].[CH3-].[Zr]=[C](c1ccccc1)c1ccccc1.c1ccc2c(c1)[cH-]c1ccccc12. The fraction of sp³-hybridized carbons (Fsp3) is 0.111. The number of benzene rings is 4. The molecular formula is C36H36Zr-4. The number of allylic oxidation sites excluding steroid dienone is 4. The fourth-order valence-corrected chi connectivity index (χ4v) is 4.91. The molecule has 0 saturated carbocycles. The Hall–Kier alpha value is -3.02. The standard InChI is InChI=1S/C13H9.C13H10.C8H11.2CH3.Zr/c1-3-7-12-10(5-1)9-11-6-2-4-8-13(11)12;1-3-7-12(8-4-1)11-13-9-5-2-6-10-13;1-7(2)8-5-3-4-6-8;;;/h1-9H;1-10H;5-7H,3H2,1-2H3;2*1H3;/q-1;;3*-1;. The Morgan fingerprint density at radius 2 is 1.11 bits per heavy atom. The van der Waals surface area contributed by atoms with E-state index in [9.17, 15) is 0 Å². The first kappa shape index (κ1) is 30.2. The number of hydrogen-bond acceptors (Lipinski definition) is 0. The average molecular weight is 560 g/mol. The van der Waals surface area contributed by atoms with Gasteiger partial charge in [0.1, 0.15) is 0 Å². The van der Waals surface area contributed by atoms with Crippen molar-refractivity contribution >= 4 is 24.8 Å². The van der Waals surface area contributed by atoms with Crippen LogP contribution in [0.2, 0.25) is 0 Å². The molecule has 188 valence electrons. The zero-order valence-corrected chi connectivity index (χ0v) is 24.9. The first-order chi connectivity index (χ1) is 17.1. The summed E-state index contributed by atoms with van der Waals surface area (Å²) in [6.07, 6.45) is 8.47. The number of rotatable bonds is 3. The van der Waals surface area contributed by atoms with E-state index in [1.54, 1.807) is 0 Å². The summed E-state index contributed by atoms with van der Waals surface area (Å²) in [4.78, 5) is 0. The number of fused-ring (bicyclic) bond motifs is 3. The Labute approximate surface area is 239 Å². The second-order valence-electron chi connectivity index (χ2n) is 8.84. The van der Waals surface area contributed by atoms with E-state index < -0.39 is 0 Å². The zero-order chi connectivity index (χ0) is 24.5. The molecule has 0 bridgehead atoms. The van der Waals surface area contributed by atoms with Gasteiger partial charge in [0.25, 0.3) is 0 Å². The van der Waals surface area contributed by atoms with Gasteiger partial charge in [0.05, 0.1) is 0 Å². The molecule has 5 aromatic carbocycles. The minimum absolute atomic E-state index is 0. The van der Waals surface area contributed by atoms with Crippen LogP contribution in [0.15, 0.2) is 133 Å². The van der Waals surface area contributed by atoms with Crippen molar-refractivity contribution in [2.45, 2.75) is 20.3 Å². The summed E-state index contributed by atoms with van der Waals surface area (Å²) in [6, 6.07) is 40.4. The van der Waals surface area contributed by atoms with E-state index in [2.05, 4.69) is 147 Å².